The Bertz CT molecular complexity index is 1410. The molecule has 0 amide bonds. The van der Waals surface area contributed by atoms with Gasteiger partial charge < -0.3 is 25.3 Å². The Morgan fingerprint density at radius 1 is 0.923 bits per heavy atom. The van der Waals surface area contributed by atoms with E-state index in [0.717, 1.165) is 24.1 Å². The molecule has 0 saturated carbocycles. The van der Waals surface area contributed by atoms with Crippen molar-refractivity contribution in [2.75, 3.05) is 12.8 Å². The lowest BCUT2D eigenvalue weighted by molar-refractivity contribution is -0.189. The van der Waals surface area contributed by atoms with E-state index in [0.29, 0.717) is 18.7 Å². The second-order valence-corrected chi connectivity index (χ2v) is 8.37. The molecule has 0 unspecified atom stereocenters. The summed E-state index contributed by atoms with van der Waals surface area (Å²) < 4.78 is 91.9. The van der Waals surface area contributed by atoms with Gasteiger partial charge in [0.1, 0.15) is 18.1 Å². The largest absolute Gasteiger partial charge is 0.491 e. The van der Waals surface area contributed by atoms with Crippen LogP contribution in [0.15, 0.2) is 30.3 Å². The molecule has 3 aromatic rings. The minimum Gasteiger partial charge on any atom is -0.489 e. The lowest BCUT2D eigenvalue weighted by atomic mass is 10.0. The average Bonchev–Trinajstić information content (AvgIpc) is 2.83. The number of esters is 2. The Hall–Kier alpha value is -4.07. The van der Waals surface area contributed by atoms with Gasteiger partial charge in [0.2, 0.25) is 0 Å². The zero-order valence-corrected chi connectivity index (χ0v) is 20.8. The monoisotopic (exact) mass is 559 g/mol. The number of hydrogen-bond donors (Lipinski definition) is 2. The van der Waals surface area contributed by atoms with Crippen molar-refractivity contribution in [1.82, 2.24) is 10.3 Å². The summed E-state index contributed by atoms with van der Waals surface area (Å²) in [7, 11) is 1.77. The molecule has 3 N–H and O–H groups in total. The zero-order valence-electron chi connectivity index (χ0n) is 20.8. The molecule has 0 aliphatic rings. The Kier molecular flexibility index (Phi) is 8.58. The summed E-state index contributed by atoms with van der Waals surface area (Å²) in [6.07, 6.45) is -10.1. The minimum atomic E-state index is -5.39. The van der Waals surface area contributed by atoms with E-state index in [4.69, 9.17) is 10.5 Å². The van der Waals surface area contributed by atoms with Gasteiger partial charge in [0.25, 0.3) is 0 Å². The molecule has 210 valence electrons. The first-order valence-electron chi connectivity index (χ1n) is 11.3. The number of halogens is 6. The highest BCUT2D eigenvalue weighted by atomic mass is 19.4. The smallest absolute Gasteiger partial charge is 0.489 e. The molecule has 14 heteroatoms. The number of benzene rings is 2. The number of carbonyl (C=O) groups excluding carboxylic acids is 2. The van der Waals surface area contributed by atoms with E-state index in [1.165, 1.54) is 6.07 Å². The van der Waals surface area contributed by atoms with E-state index >= 15 is 0 Å². The molecule has 0 aliphatic heterocycles. The topological polar surface area (TPSA) is 113 Å². The number of nitrogen functional groups attached to an aromatic ring is 1. The number of ether oxygens (including phenoxy) is 3. The Morgan fingerprint density at radius 3 is 2.13 bits per heavy atom. The van der Waals surface area contributed by atoms with Gasteiger partial charge in [0.15, 0.2) is 11.6 Å². The van der Waals surface area contributed by atoms with Gasteiger partial charge in [-0.1, -0.05) is 13.0 Å². The number of carbonyl (C=O) groups is 2. The van der Waals surface area contributed by atoms with Gasteiger partial charge in [-0.25, -0.2) is 14.6 Å². The molecule has 8 nitrogen and oxygen atoms in total. The van der Waals surface area contributed by atoms with Crippen molar-refractivity contribution >= 4 is 28.7 Å². The molecule has 3 rings (SSSR count). The van der Waals surface area contributed by atoms with E-state index in [9.17, 15) is 35.9 Å². The molecule has 0 saturated heterocycles. The highest BCUT2D eigenvalue weighted by Crippen LogP contribution is 2.39. The molecule has 1 heterocycles. The molecule has 0 atom stereocenters. The number of nitrogens with one attached hydrogen (secondary N) is 1. The molecule has 0 radical (unpaired) electrons. The highest BCUT2D eigenvalue weighted by molar-refractivity contribution is 5.95. The summed E-state index contributed by atoms with van der Waals surface area (Å²) in [5, 5.41) is 2.70. The first-order valence-corrected chi connectivity index (χ1v) is 11.3. The van der Waals surface area contributed by atoms with Crippen LogP contribution in [0.5, 0.6) is 17.2 Å². The van der Waals surface area contributed by atoms with Crippen LogP contribution in [0, 0.1) is 6.92 Å². The summed E-state index contributed by atoms with van der Waals surface area (Å²) in [4.78, 5) is 26.9. The standard InChI is InChI=1S/C25H23F6N3O5/c1-4-13-5-14(10-33-3)7-16(6-13)37-11-15-8-17-19(18(9-15)38-22(35)24(26,27)28)12(2)20(21(32)34-17)39-23(36)25(29,30)31/h5-9,33H,4,10-11H2,1-3H3,(H2,32,34). The van der Waals surface area contributed by atoms with Gasteiger partial charge >= 0.3 is 24.3 Å². The summed E-state index contributed by atoms with van der Waals surface area (Å²) in [5.74, 6) is -6.92. The number of fused-ring (bicyclic) bond motifs is 1. The lowest BCUT2D eigenvalue weighted by Gasteiger charge is -2.17. The van der Waals surface area contributed by atoms with Crippen LogP contribution in [-0.2, 0) is 29.2 Å². The molecule has 1 aromatic heterocycles. The fraction of sp³-hybridized carbons (Fsp3) is 0.320. The van der Waals surface area contributed by atoms with E-state index in [-0.39, 0.29) is 28.6 Å². The number of hydrogen-bond acceptors (Lipinski definition) is 8. The predicted molar refractivity (Wildman–Crippen MR) is 127 cm³/mol. The minimum absolute atomic E-state index is 0.138. The van der Waals surface area contributed by atoms with Crippen molar-refractivity contribution in [2.45, 2.75) is 45.8 Å². The predicted octanol–water partition coefficient (Wildman–Crippen LogP) is 4.92. The van der Waals surface area contributed by atoms with E-state index in [2.05, 4.69) is 19.8 Å². The molecule has 0 aliphatic carbocycles. The van der Waals surface area contributed by atoms with Crippen molar-refractivity contribution in [3.63, 3.8) is 0 Å². The van der Waals surface area contributed by atoms with Gasteiger partial charge in [-0.15, -0.1) is 0 Å². The summed E-state index contributed by atoms with van der Waals surface area (Å²) in [6.45, 7) is 3.43. The highest BCUT2D eigenvalue weighted by Gasteiger charge is 2.43. The van der Waals surface area contributed by atoms with Crippen molar-refractivity contribution in [3.8, 4) is 17.2 Å². The normalized spacial score (nSPS) is 11.9. The van der Waals surface area contributed by atoms with E-state index in [1.54, 1.807) is 19.2 Å². The van der Waals surface area contributed by atoms with Gasteiger partial charge in [0.05, 0.1) is 5.52 Å². The summed E-state index contributed by atoms with van der Waals surface area (Å²) in [5.41, 5.74) is 7.37. The van der Waals surface area contributed by atoms with Crippen molar-refractivity contribution in [3.05, 3.63) is 52.6 Å². The van der Waals surface area contributed by atoms with Crippen LogP contribution in [0.2, 0.25) is 0 Å². The number of anilines is 1. The number of alkyl halides is 6. The Balaban J connectivity index is 2.08. The summed E-state index contributed by atoms with van der Waals surface area (Å²) in [6, 6.07) is 7.92. The average molecular weight is 559 g/mol. The maximum Gasteiger partial charge on any atom is 0.491 e. The van der Waals surface area contributed by atoms with Crippen molar-refractivity contribution < 1.29 is 50.1 Å². The van der Waals surface area contributed by atoms with Crippen LogP contribution in [0.3, 0.4) is 0 Å². The molecule has 0 spiro atoms. The van der Waals surface area contributed by atoms with Gasteiger partial charge in [-0.2, -0.15) is 26.3 Å². The maximum atomic E-state index is 13.0. The molecule has 0 fully saturated rings. The van der Waals surface area contributed by atoms with E-state index in [1.807, 2.05) is 13.0 Å². The second-order valence-electron chi connectivity index (χ2n) is 8.37. The first kappa shape index (κ1) is 29.5. The second kappa shape index (κ2) is 11.4. The number of aryl methyl sites for hydroxylation is 2. The number of nitrogens with zero attached hydrogens (tertiary/aromatic N) is 1. The number of pyridine rings is 1. The summed E-state index contributed by atoms with van der Waals surface area (Å²) >= 11 is 0. The van der Waals surface area contributed by atoms with Crippen LogP contribution in [0.25, 0.3) is 10.9 Å². The Labute approximate surface area is 218 Å². The van der Waals surface area contributed by atoms with Crippen LogP contribution in [0.1, 0.15) is 29.2 Å². The van der Waals surface area contributed by atoms with E-state index < -0.39 is 41.6 Å². The molecule has 0 bridgehead atoms. The molecule has 39 heavy (non-hydrogen) atoms. The quantitative estimate of drug-likeness (QED) is 0.227. The first-order chi connectivity index (χ1) is 18.1. The Morgan fingerprint density at radius 2 is 1.54 bits per heavy atom. The molecule has 2 aromatic carbocycles. The van der Waals surface area contributed by atoms with Gasteiger partial charge in [-0.05, 0) is 61.3 Å². The van der Waals surface area contributed by atoms with Crippen molar-refractivity contribution in [1.29, 1.82) is 0 Å². The SMILES string of the molecule is CCc1cc(CNC)cc(OCc2cc(OC(=O)C(F)(F)F)c3c(C)c(OC(=O)C(F)(F)F)c(N)nc3c2)c1. The van der Waals surface area contributed by atoms with Crippen LogP contribution < -0.4 is 25.3 Å². The maximum absolute atomic E-state index is 13.0. The third kappa shape index (κ3) is 7.07. The van der Waals surface area contributed by atoms with Crippen molar-refractivity contribution in [2.24, 2.45) is 0 Å². The number of nitrogens with two attached hydrogens (primary N) is 1. The third-order valence-electron chi connectivity index (χ3n) is 5.41. The fourth-order valence-corrected chi connectivity index (χ4v) is 3.70. The lowest BCUT2D eigenvalue weighted by Crippen LogP contribution is -2.29. The van der Waals surface area contributed by atoms with Crippen LogP contribution >= 0.6 is 0 Å². The van der Waals surface area contributed by atoms with Crippen LogP contribution in [0.4, 0.5) is 32.2 Å². The molecular weight excluding hydrogens is 536 g/mol. The zero-order chi connectivity index (χ0) is 29.1. The third-order valence-corrected chi connectivity index (χ3v) is 5.41. The molecular formula is C25H23F6N3O5. The van der Waals surface area contributed by atoms with Crippen LogP contribution in [-0.4, -0.2) is 36.3 Å². The number of rotatable bonds is 8. The number of aromatic nitrogens is 1. The van der Waals surface area contributed by atoms with Gasteiger partial charge in [-0.3, -0.25) is 0 Å². The van der Waals surface area contributed by atoms with Gasteiger partial charge in [0, 0.05) is 17.5 Å². The fourth-order valence-electron chi connectivity index (χ4n) is 3.70.